The molecule has 1 atom stereocenters. The van der Waals surface area contributed by atoms with Crippen LogP contribution in [0.15, 0.2) is 35.6 Å². The molecule has 8 heteroatoms. The van der Waals surface area contributed by atoms with Crippen LogP contribution in [0, 0.1) is 0 Å². The largest absolute Gasteiger partial charge is 0.767 e. The number of amides is 1. The van der Waals surface area contributed by atoms with E-state index in [1.165, 1.54) is 18.5 Å². The first kappa shape index (κ1) is 14.6. The number of ether oxygens (including phenoxy) is 1. The monoisotopic (exact) mass is 318 g/mol. The number of carbonyl (C=O) groups is 1. The van der Waals surface area contributed by atoms with Gasteiger partial charge in [0.25, 0.3) is 5.91 Å². The van der Waals surface area contributed by atoms with E-state index in [1.54, 1.807) is 12.1 Å². The number of nitrogens with one attached hydrogen (secondary N) is 1. The molecule has 0 aromatic carbocycles. The summed E-state index contributed by atoms with van der Waals surface area (Å²) in [5, 5.41) is 2.34. The molecule has 7 nitrogen and oxygen atoms in total. The van der Waals surface area contributed by atoms with Gasteiger partial charge in [0.2, 0.25) is 5.88 Å². The van der Waals surface area contributed by atoms with Crippen molar-refractivity contribution >= 4 is 22.7 Å². The predicted octanol–water partition coefficient (Wildman–Crippen LogP) is 1.29. The quantitative estimate of drug-likeness (QED) is 0.855. The van der Waals surface area contributed by atoms with Crippen LogP contribution in [0.4, 0.5) is 5.69 Å². The van der Waals surface area contributed by atoms with Gasteiger partial charge in [0.1, 0.15) is 5.03 Å². The zero-order valence-corrected chi connectivity index (χ0v) is 12.3. The molecule has 0 saturated carbocycles. The molecule has 0 aliphatic carbocycles. The Morgan fingerprint density at radius 2 is 2.27 bits per heavy atom. The Morgan fingerprint density at radius 1 is 1.41 bits per heavy atom. The Balaban J connectivity index is 1.85. The lowest BCUT2D eigenvalue weighted by molar-refractivity contribution is 0.102. The van der Waals surface area contributed by atoms with Crippen molar-refractivity contribution in [3.63, 3.8) is 0 Å². The van der Waals surface area contributed by atoms with Crippen molar-refractivity contribution in [2.24, 2.45) is 0 Å². The van der Waals surface area contributed by atoms with Crippen molar-refractivity contribution < 1.29 is 18.3 Å². The summed E-state index contributed by atoms with van der Waals surface area (Å²) in [5.41, 5.74) is 1.35. The molecule has 114 valence electrons. The number of carbonyl (C=O) groups excluding carboxylic acids is 1. The highest BCUT2D eigenvalue weighted by atomic mass is 32.2. The van der Waals surface area contributed by atoms with Gasteiger partial charge >= 0.3 is 0 Å². The van der Waals surface area contributed by atoms with Crippen LogP contribution in [-0.4, -0.2) is 31.2 Å². The summed E-state index contributed by atoms with van der Waals surface area (Å²) in [6.07, 6.45) is 4.43. The fourth-order valence-corrected chi connectivity index (χ4v) is 2.62. The third kappa shape index (κ3) is 2.97. The highest BCUT2D eigenvalue weighted by Crippen LogP contribution is 2.23. The minimum Gasteiger partial charge on any atom is -0.767 e. The first-order valence-electron chi connectivity index (χ1n) is 6.62. The van der Waals surface area contributed by atoms with E-state index in [1.807, 2.05) is 0 Å². The maximum absolute atomic E-state index is 12.3. The van der Waals surface area contributed by atoms with Gasteiger partial charge in [-0.15, -0.1) is 0 Å². The molecule has 3 heterocycles. The second-order valence-corrected chi connectivity index (χ2v) is 5.54. The first-order chi connectivity index (χ1) is 10.6. The Morgan fingerprint density at radius 3 is 3.09 bits per heavy atom. The van der Waals surface area contributed by atoms with Crippen molar-refractivity contribution in [3.05, 3.63) is 41.7 Å². The SMILES string of the molecule is O=C(Nc1cccnc1S(=O)[O-])c1cnc2c(c1)CCCO2. The topological polar surface area (TPSA) is 104 Å². The molecule has 0 spiro atoms. The van der Waals surface area contributed by atoms with Gasteiger partial charge in [-0.05, 0) is 42.1 Å². The minimum atomic E-state index is -2.53. The number of fused-ring (bicyclic) bond motifs is 1. The molecule has 0 fully saturated rings. The maximum Gasteiger partial charge on any atom is 0.257 e. The van der Waals surface area contributed by atoms with Gasteiger partial charge in [0.15, 0.2) is 0 Å². The second kappa shape index (κ2) is 6.20. The average molecular weight is 318 g/mol. The summed E-state index contributed by atoms with van der Waals surface area (Å²) < 4.78 is 27.6. The zero-order valence-electron chi connectivity index (χ0n) is 11.4. The van der Waals surface area contributed by atoms with Crippen molar-refractivity contribution in [1.82, 2.24) is 9.97 Å². The second-order valence-electron chi connectivity index (χ2n) is 4.69. The molecule has 0 saturated heterocycles. The Kier molecular flexibility index (Phi) is 4.12. The van der Waals surface area contributed by atoms with Gasteiger partial charge in [0.05, 0.1) is 17.9 Å². The van der Waals surface area contributed by atoms with E-state index in [4.69, 9.17) is 4.74 Å². The van der Waals surface area contributed by atoms with Gasteiger partial charge < -0.3 is 14.6 Å². The summed E-state index contributed by atoms with van der Waals surface area (Å²) in [5.74, 6) is 0.103. The van der Waals surface area contributed by atoms with E-state index < -0.39 is 17.0 Å². The van der Waals surface area contributed by atoms with Crippen LogP contribution in [0.5, 0.6) is 5.88 Å². The van der Waals surface area contributed by atoms with Crippen molar-refractivity contribution in [1.29, 1.82) is 0 Å². The number of aromatic nitrogens is 2. The van der Waals surface area contributed by atoms with Crippen LogP contribution < -0.4 is 10.1 Å². The molecular formula is C14H12N3O4S-. The Hall–Kier alpha value is -2.32. The summed E-state index contributed by atoms with van der Waals surface area (Å²) in [7, 11) is 0. The summed E-state index contributed by atoms with van der Waals surface area (Å²) in [6, 6.07) is 4.73. The molecule has 0 radical (unpaired) electrons. The van der Waals surface area contributed by atoms with E-state index in [0.717, 1.165) is 18.4 Å². The average Bonchev–Trinajstić information content (AvgIpc) is 2.54. The number of rotatable bonds is 3. The van der Waals surface area contributed by atoms with Gasteiger partial charge in [-0.2, -0.15) is 0 Å². The number of anilines is 1. The lowest BCUT2D eigenvalue weighted by atomic mass is 10.1. The van der Waals surface area contributed by atoms with Gasteiger partial charge in [-0.1, -0.05) is 0 Å². The maximum atomic E-state index is 12.3. The first-order valence-corrected chi connectivity index (χ1v) is 7.70. The zero-order chi connectivity index (χ0) is 15.5. The molecule has 0 bridgehead atoms. The van der Waals surface area contributed by atoms with E-state index in [2.05, 4.69) is 15.3 Å². The van der Waals surface area contributed by atoms with Crippen molar-refractivity contribution in [2.75, 3.05) is 11.9 Å². The smallest absolute Gasteiger partial charge is 0.257 e. The van der Waals surface area contributed by atoms with E-state index in [-0.39, 0.29) is 10.7 Å². The molecule has 1 N–H and O–H groups in total. The van der Waals surface area contributed by atoms with Crippen LogP contribution in [0.3, 0.4) is 0 Å². The Bertz CT molecular complexity index is 751. The molecule has 1 aliphatic heterocycles. The molecule has 22 heavy (non-hydrogen) atoms. The molecule has 2 aromatic rings. The third-order valence-corrected chi connectivity index (χ3v) is 3.84. The summed E-state index contributed by atoms with van der Waals surface area (Å²) in [6.45, 7) is 0.625. The van der Waals surface area contributed by atoms with Crippen molar-refractivity contribution in [3.8, 4) is 5.88 Å². The van der Waals surface area contributed by atoms with Crippen LogP contribution in [0.2, 0.25) is 0 Å². The molecular weight excluding hydrogens is 306 g/mol. The van der Waals surface area contributed by atoms with Gasteiger partial charge in [-0.25, -0.2) is 9.97 Å². The molecule has 1 amide bonds. The van der Waals surface area contributed by atoms with E-state index in [0.29, 0.717) is 18.1 Å². The number of pyridine rings is 2. The standard InChI is InChI=1S/C14H13N3O4S/c18-12(17-11-4-1-5-15-14(11)22(19)20)10-7-9-3-2-6-21-13(9)16-8-10/h1,4-5,7-8H,2-3,6H2,(H,17,18)(H,19,20)/p-1. The van der Waals surface area contributed by atoms with E-state index in [9.17, 15) is 13.6 Å². The fourth-order valence-electron chi connectivity index (χ4n) is 2.18. The van der Waals surface area contributed by atoms with Crippen LogP contribution in [-0.2, 0) is 17.5 Å². The van der Waals surface area contributed by atoms with Crippen LogP contribution in [0.1, 0.15) is 22.3 Å². The third-order valence-electron chi connectivity index (χ3n) is 3.19. The predicted molar refractivity (Wildman–Crippen MR) is 77.4 cm³/mol. The fraction of sp³-hybridized carbons (Fsp3) is 0.214. The lowest BCUT2D eigenvalue weighted by Crippen LogP contribution is -2.16. The highest BCUT2D eigenvalue weighted by molar-refractivity contribution is 7.79. The number of hydrogen-bond acceptors (Lipinski definition) is 6. The van der Waals surface area contributed by atoms with Crippen LogP contribution in [0.25, 0.3) is 0 Å². The molecule has 1 unspecified atom stereocenters. The summed E-state index contributed by atoms with van der Waals surface area (Å²) >= 11 is -2.53. The summed E-state index contributed by atoms with van der Waals surface area (Å²) in [4.78, 5) is 20.1. The molecule has 2 aromatic heterocycles. The molecule has 3 rings (SSSR count). The molecule has 1 aliphatic rings. The number of nitrogens with zero attached hydrogens (tertiary/aromatic N) is 2. The highest BCUT2D eigenvalue weighted by Gasteiger charge is 2.16. The van der Waals surface area contributed by atoms with Crippen molar-refractivity contribution in [2.45, 2.75) is 17.9 Å². The van der Waals surface area contributed by atoms with Gasteiger partial charge in [-0.3, -0.25) is 9.00 Å². The number of aryl methyl sites for hydroxylation is 1. The lowest BCUT2D eigenvalue weighted by Gasteiger charge is -2.16. The van der Waals surface area contributed by atoms with Crippen LogP contribution >= 0.6 is 0 Å². The number of hydrogen-bond donors (Lipinski definition) is 1. The van der Waals surface area contributed by atoms with Gasteiger partial charge in [0, 0.05) is 18.0 Å². The van der Waals surface area contributed by atoms with E-state index >= 15 is 0 Å². The Labute approximate surface area is 129 Å². The minimum absolute atomic E-state index is 0.134. The normalized spacial score (nSPS) is 14.6.